The number of ether oxygens (including phenoxy) is 2. The van der Waals surface area contributed by atoms with Crippen LogP contribution in [0.1, 0.15) is 30.1 Å². The third kappa shape index (κ3) is 4.56. The lowest BCUT2D eigenvalue weighted by molar-refractivity contribution is 0.0793. The minimum absolute atomic E-state index is 0.0635. The van der Waals surface area contributed by atoms with E-state index < -0.39 is 10.0 Å². The van der Waals surface area contributed by atoms with Gasteiger partial charge in [-0.3, -0.25) is 9.52 Å². The zero-order chi connectivity index (χ0) is 20.1. The predicted molar refractivity (Wildman–Crippen MR) is 107 cm³/mol. The Morgan fingerprint density at radius 2 is 1.86 bits per heavy atom. The first-order valence-corrected chi connectivity index (χ1v) is 10.7. The first-order valence-electron chi connectivity index (χ1n) is 9.18. The molecule has 1 N–H and O–H groups in total. The van der Waals surface area contributed by atoms with Crippen molar-refractivity contribution in [2.75, 3.05) is 31.5 Å². The molecule has 150 valence electrons. The Bertz CT molecular complexity index is 959. The van der Waals surface area contributed by atoms with Crippen LogP contribution in [0.2, 0.25) is 0 Å². The fraction of sp³-hybridized carbons (Fsp3) is 0.350. The highest BCUT2D eigenvalue weighted by Crippen LogP contribution is 2.32. The van der Waals surface area contributed by atoms with Gasteiger partial charge < -0.3 is 14.4 Å². The summed E-state index contributed by atoms with van der Waals surface area (Å²) in [7, 11) is -2.09. The van der Waals surface area contributed by atoms with Gasteiger partial charge in [-0.25, -0.2) is 8.42 Å². The van der Waals surface area contributed by atoms with E-state index in [1.54, 1.807) is 42.3 Å². The van der Waals surface area contributed by atoms with E-state index in [4.69, 9.17) is 9.47 Å². The first-order chi connectivity index (χ1) is 13.4. The van der Waals surface area contributed by atoms with Gasteiger partial charge in [-0.05, 0) is 36.8 Å². The smallest absolute Gasteiger partial charge is 0.262 e. The molecule has 7 nitrogen and oxygen atoms in total. The molecule has 1 aliphatic heterocycles. The van der Waals surface area contributed by atoms with E-state index in [0.717, 1.165) is 12.8 Å². The van der Waals surface area contributed by atoms with E-state index in [-0.39, 0.29) is 10.8 Å². The first kappa shape index (κ1) is 20.0. The van der Waals surface area contributed by atoms with Gasteiger partial charge in [-0.1, -0.05) is 19.4 Å². The molecule has 0 aliphatic carbocycles. The molecule has 3 rings (SSSR count). The third-order valence-corrected chi connectivity index (χ3v) is 5.76. The molecule has 28 heavy (non-hydrogen) atoms. The molecule has 8 heteroatoms. The number of fused-ring (bicyclic) bond motifs is 1. The molecule has 0 radical (unpaired) electrons. The van der Waals surface area contributed by atoms with Crippen LogP contribution in [0.5, 0.6) is 11.5 Å². The summed E-state index contributed by atoms with van der Waals surface area (Å²) in [5.41, 5.74) is 0.755. The standard InChI is InChI=1S/C20H24N2O5S/c1-3-4-10-22(2)20(23)15-6-5-7-16(13-15)21-28(24,25)17-8-9-18-19(14-17)27-12-11-26-18/h5-9,13-14,21H,3-4,10-12H2,1-2H3. The number of sulfonamides is 1. The highest BCUT2D eigenvalue weighted by molar-refractivity contribution is 7.92. The molecule has 0 aromatic heterocycles. The van der Waals surface area contributed by atoms with Crippen LogP contribution in [-0.2, 0) is 10.0 Å². The molecule has 1 heterocycles. The quantitative estimate of drug-likeness (QED) is 0.766. The Labute approximate surface area is 165 Å². The maximum atomic E-state index is 12.7. The summed E-state index contributed by atoms with van der Waals surface area (Å²) in [6, 6.07) is 11.0. The molecule has 0 saturated carbocycles. The molecule has 1 amide bonds. The minimum Gasteiger partial charge on any atom is -0.486 e. The van der Waals surface area contributed by atoms with Crippen molar-refractivity contribution < 1.29 is 22.7 Å². The molecule has 2 aromatic rings. The maximum Gasteiger partial charge on any atom is 0.262 e. The largest absolute Gasteiger partial charge is 0.486 e. The minimum atomic E-state index is -3.83. The van der Waals surface area contributed by atoms with Gasteiger partial charge in [-0.2, -0.15) is 0 Å². The molecular formula is C20H24N2O5S. The van der Waals surface area contributed by atoms with Gasteiger partial charge in [-0.15, -0.1) is 0 Å². The summed E-state index contributed by atoms with van der Waals surface area (Å²) in [6.07, 6.45) is 1.91. The Hall–Kier alpha value is -2.74. The average Bonchev–Trinajstić information content (AvgIpc) is 2.71. The number of carbonyl (C=O) groups excluding carboxylic acids is 1. The lowest BCUT2D eigenvalue weighted by Crippen LogP contribution is -2.27. The van der Waals surface area contributed by atoms with Crippen molar-refractivity contribution in [3.05, 3.63) is 48.0 Å². The summed E-state index contributed by atoms with van der Waals surface area (Å²) >= 11 is 0. The summed E-state index contributed by atoms with van der Waals surface area (Å²) in [4.78, 5) is 14.2. The van der Waals surface area contributed by atoms with Crippen LogP contribution in [0.3, 0.4) is 0 Å². The van der Waals surface area contributed by atoms with Gasteiger partial charge in [0.15, 0.2) is 11.5 Å². The number of nitrogens with zero attached hydrogens (tertiary/aromatic N) is 1. The van der Waals surface area contributed by atoms with Crippen molar-refractivity contribution in [2.24, 2.45) is 0 Å². The number of benzene rings is 2. The molecule has 0 fully saturated rings. The molecule has 0 atom stereocenters. The number of unbranched alkanes of at least 4 members (excludes halogenated alkanes) is 1. The fourth-order valence-electron chi connectivity index (χ4n) is 2.84. The molecule has 1 aliphatic rings. The van der Waals surface area contributed by atoms with E-state index in [0.29, 0.717) is 42.5 Å². The van der Waals surface area contributed by atoms with Crippen molar-refractivity contribution in [2.45, 2.75) is 24.7 Å². The topological polar surface area (TPSA) is 84.9 Å². The molecule has 0 bridgehead atoms. The van der Waals surface area contributed by atoms with E-state index in [9.17, 15) is 13.2 Å². The number of hydrogen-bond acceptors (Lipinski definition) is 5. The highest BCUT2D eigenvalue weighted by atomic mass is 32.2. The highest BCUT2D eigenvalue weighted by Gasteiger charge is 2.20. The van der Waals surface area contributed by atoms with Gasteiger partial charge >= 0.3 is 0 Å². The Morgan fingerprint density at radius 3 is 2.61 bits per heavy atom. The van der Waals surface area contributed by atoms with E-state index in [1.165, 1.54) is 12.1 Å². The van der Waals surface area contributed by atoms with Crippen molar-refractivity contribution in [1.82, 2.24) is 4.90 Å². The second-order valence-electron chi connectivity index (χ2n) is 6.57. The van der Waals surface area contributed by atoms with Crippen molar-refractivity contribution in [1.29, 1.82) is 0 Å². The third-order valence-electron chi connectivity index (χ3n) is 4.38. The monoisotopic (exact) mass is 404 g/mol. The predicted octanol–water partition coefficient (Wildman–Crippen LogP) is 3.13. The van der Waals surface area contributed by atoms with E-state index >= 15 is 0 Å². The van der Waals surface area contributed by atoms with Crippen molar-refractivity contribution in [3.63, 3.8) is 0 Å². The van der Waals surface area contributed by atoms with Crippen LogP contribution in [0.4, 0.5) is 5.69 Å². The summed E-state index contributed by atoms with van der Waals surface area (Å²) in [5, 5.41) is 0. The van der Waals surface area contributed by atoms with Crippen molar-refractivity contribution in [3.8, 4) is 11.5 Å². The average molecular weight is 404 g/mol. The SMILES string of the molecule is CCCCN(C)C(=O)c1cccc(NS(=O)(=O)c2ccc3c(c2)OCCO3)c1. The van der Waals surface area contributed by atoms with E-state index in [2.05, 4.69) is 11.6 Å². The second kappa shape index (κ2) is 8.52. The van der Waals surface area contributed by atoms with E-state index in [1.807, 2.05) is 0 Å². The van der Waals surface area contributed by atoms with Gasteiger partial charge in [0, 0.05) is 30.9 Å². The fourth-order valence-corrected chi connectivity index (χ4v) is 3.90. The molecule has 2 aromatic carbocycles. The zero-order valence-corrected chi connectivity index (χ0v) is 16.8. The Morgan fingerprint density at radius 1 is 1.11 bits per heavy atom. The number of anilines is 1. The van der Waals surface area contributed by atoms with Crippen LogP contribution in [0, 0.1) is 0 Å². The van der Waals surface area contributed by atoms with Crippen LogP contribution in [0.25, 0.3) is 0 Å². The summed E-state index contributed by atoms with van der Waals surface area (Å²) in [5.74, 6) is 0.775. The van der Waals surface area contributed by atoms with Gasteiger partial charge in [0.05, 0.1) is 4.90 Å². The lowest BCUT2D eigenvalue weighted by Gasteiger charge is -2.19. The number of carbonyl (C=O) groups is 1. The molecular weight excluding hydrogens is 380 g/mol. The zero-order valence-electron chi connectivity index (χ0n) is 16.0. The van der Waals surface area contributed by atoms with Gasteiger partial charge in [0.25, 0.3) is 15.9 Å². The molecule has 0 spiro atoms. The van der Waals surface area contributed by atoms with Crippen LogP contribution < -0.4 is 14.2 Å². The summed E-state index contributed by atoms with van der Waals surface area (Å²) in [6.45, 7) is 3.53. The number of amides is 1. The van der Waals surface area contributed by atoms with Gasteiger partial charge in [0.2, 0.25) is 0 Å². The van der Waals surface area contributed by atoms with Crippen molar-refractivity contribution >= 4 is 21.6 Å². The normalized spacial score (nSPS) is 13.1. The lowest BCUT2D eigenvalue weighted by atomic mass is 10.2. The number of rotatable bonds is 7. The Balaban J connectivity index is 1.78. The summed E-state index contributed by atoms with van der Waals surface area (Å²) < 4.78 is 38.9. The molecule has 0 unspecified atom stereocenters. The van der Waals surface area contributed by atoms with Crippen LogP contribution >= 0.6 is 0 Å². The maximum absolute atomic E-state index is 12.7. The number of hydrogen-bond donors (Lipinski definition) is 1. The van der Waals surface area contributed by atoms with Crippen LogP contribution in [-0.4, -0.2) is 46.0 Å². The Kier molecular flexibility index (Phi) is 6.08. The van der Waals surface area contributed by atoms with Gasteiger partial charge in [0.1, 0.15) is 13.2 Å². The molecule has 0 saturated heterocycles. The number of nitrogens with one attached hydrogen (secondary N) is 1. The second-order valence-corrected chi connectivity index (χ2v) is 8.25. The van der Waals surface area contributed by atoms with Crippen LogP contribution in [0.15, 0.2) is 47.4 Å².